The zero-order valence-electron chi connectivity index (χ0n) is 12.2. The SMILES string of the molecule is CC(=O)N[C@H](C(=O)N[C@H](C=O)CCCN=C(N)N)[C@@H](C)O. The summed E-state index contributed by atoms with van der Waals surface area (Å²) in [6, 6.07) is -1.84. The molecule has 0 bridgehead atoms. The van der Waals surface area contributed by atoms with E-state index in [0.717, 1.165) is 0 Å². The van der Waals surface area contributed by atoms with Gasteiger partial charge in [-0.2, -0.15) is 0 Å². The maximum Gasteiger partial charge on any atom is 0.245 e. The van der Waals surface area contributed by atoms with Gasteiger partial charge in [0.25, 0.3) is 0 Å². The highest BCUT2D eigenvalue weighted by Gasteiger charge is 2.26. The smallest absolute Gasteiger partial charge is 0.245 e. The fourth-order valence-electron chi connectivity index (χ4n) is 1.59. The monoisotopic (exact) mass is 301 g/mol. The molecule has 0 spiro atoms. The number of rotatable bonds is 9. The van der Waals surface area contributed by atoms with Gasteiger partial charge < -0.3 is 32.0 Å². The third kappa shape index (κ3) is 8.58. The Kier molecular flexibility index (Phi) is 8.70. The Morgan fingerprint density at radius 1 is 1.33 bits per heavy atom. The van der Waals surface area contributed by atoms with Crippen LogP contribution >= 0.6 is 0 Å². The lowest BCUT2D eigenvalue weighted by molar-refractivity contribution is -0.132. The van der Waals surface area contributed by atoms with Crippen molar-refractivity contribution >= 4 is 24.1 Å². The summed E-state index contributed by atoms with van der Waals surface area (Å²) in [6.45, 7) is 2.94. The first-order valence-corrected chi connectivity index (χ1v) is 6.54. The maximum atomic E-state index is 11.9. The number of carbonyl (C=O) groups excluding carboxylic acids is 3. The van der Waals surface area contributed by atoms with Crippen LogP contribution in [0.2, 0.25) is 0 Å². The van der Waals surface area contributed by atoms with Crippen molar-refractivity contribution in [2.75, 3.05) is 6.54 Å². The highest BCUT2D eigenvalue weighted by Crippen LogP contribution is 1.99. The van der Waals surface area contributed by atoms with E-state index < -0.39 is 30.0 Å². The van der Waals surface area contributed by atoms with Gasteiger partial charge >= 0.3 is 0 Å². The van der Waals surface area contributed by atoms with Gasteiger partial charge in [0.2, 0.25) is 11.8 Å². The van der Waals surface area contributed by atoms with Crippen molar-refractivity contribution < 1.29 is 19.5 Å². The highest BCUT2D eigenvalue weighted by atomic mass is 16.3. The number of hydrogen-bond donors (Lipinski definition) is 5. The van der Waals surface area contributed by atoms with Crippen LogP contribution in [0.15, 0.2) is 4.99 Å². The number of nitrogens with two attached hydrogens (primary N) is 2. The van der Waals surface area contributed by atoms with Gasteiger partial charge in [0.15, 0.2) is 5.96 Å². The minimum Gasteiger partial charge on any atom is -0.391 e. The van der Waals surface area contributed by atoms with E-state index in [0.29, 0.717) is 25.7 Å². The van der Waals surface area contributed by atoms with Gasteiger partial charge in [0, 0.05) is 13.5 Å². The Labute approximate surface area is 123 Å². The molecule has 0 aliphatic carbocycles. The lowest BCUT2D eigenvalue weighted by Gasteiger charge is -2.22. The van der Waals surface area contributed by atoms with Crippen molar-refractivity contribution in [3.8, 4) is 0 Å². The molecule has 0 aromatic rings. The molecule has 0 aliphatic rings. The van der Waals surface area contributed by atoms with E-state index in [4.69, 9.17) is 11.5 Å². The van der Waals surface area contributed by atoms with E-state index in [9.17, 15) is 19.5 Å². The van der Waals surface area contributed by atoms with Crippen molar-refractivity contribution in [2.24, 2.45) is 16.5 Å². The zero-order valence-corrected chi connectivity index (χ0v) is 12.2. The van der Waals surface area contributed by atoms with Gasteiger partial charge in [0.05, 0.1) is 12.1 Å². The maximum absolute atomic E-state index is 11.9. The second kappa shape index (κ2) is 9.70. The average Bonchev–Trinajstić information content (AvgIpc) is 2.38. The molecule has 0 radical (unpaired) electrons. The minimum atomic E-state index is -1.11. The van der Waals surface area contributed by atoms with Gasteiger partial charge in [-0.3, -0.25) is 14.6 Å². The van der Waals surface area contributed by atoms with Crippen molar-refractivity contribution in [3.05, 3.63) is 0 Å². The molecule has 3 atom stereocenters. The standard InChI is InChI=1S/C12H23N5O4/c1-7(19)10(16-8(2)20)11(21)17-9(6-18)4-3-5-15-12(13)14/h6-7,9-10,19H,3-5H2,1-2H3,(H,16,20)(H,17,21)(H4,13,14,15)/t7-,9+,10+/m1/s1. The molecular formula is C12H23N5O4. The molecule has 0 aliphatic heterocycles. The van der Waals surface area contributed by atoms with Gasteiger partial charge in [-0.25, -0.2) is 0 Å². The number of aldehydes is 1. The first-order chi connectivity index (χ1) is 9.77. The molecule has 9 nitrogen and oxygen atoms in total. The lowest BCUT2D eigenvalue weighted by atomic mass is 10.1. The summed E-state index contributed by atoms with van der Waals surface area (Å²) in [5, 5.41) is 14.3. The summed E-state index contributed by atoms with van der Waals surface area (Å²) in [7, 11) is 0. The van der Waals surface area contributed by atoms with Crippen LogP contribution in [0.4, 0.5) is 0 Å². The van der Waals surface area contributed by atoms with Gasteiger partial charge in [-0.15, -0.1) is 0 Å². The van der Waals surface area contributed by atoms with E-state index >= 15 is 0 Å². The Hall–Kier alpha value is -2.16. The molecule has 0 aromatic carbocycles. The Morgan fingerprint density at radius 3 is 2.38 bits per heavy atom. The Balaban J connectivity index is 4.43. The zero-order chi connectivity index (χ0) is 16.4. The molecule has 0 rings (SSSR count). The number of carbonyl (C=O) groups is 3. The molecule has 9 heteroatoms. The number of nitrogens with zero attached hydrogens (tertiary/aromatic N) is 1. The van der Waals surface area contributed by atoms with E-state index in [2.05, 4.69) is 15.6 Å². The molecule has 0 heterocycles. The average molecular weight is 301 g/mol. The Bertz CT molecular complexity index is 393. The number of amides is 2. The van der Waals surface area contributed by atoms with Gasteiger partial charge in [-0.05, 0) is 19.8 Å². The second-order valence-corrected chi connectivity index (χ2v) is 4.62. The molecule has 0 unspecified atom stereocenters. The molecule has 21 heavy (non-hydrogen) atoms. The molecule has 120 valence electrons. The molecular weight excluding hydrogens is 278 g/mol. The number of nitrogens with one attached hydrogen (secondary N) is 2. The van der Waals surface area contributed by atoms with Crippen LogP contribution in [-0.2, 0) is 14.4 Å². The number of aliphatic imine (C=N–C) groups is 1. The van der Waals surface area contributed by atoms with E-state index in [1.54, 1.807) is 0 Å². The number of aliphatic hydroxyl groups excluding tert-OH is 1. The van der Waals surface area contributed by atoms with Crippen LogP contribution in [-0.4, -0.2) is 53.9 Å². The lowest BCUT2D eigenvalue weighted by Crippen LogP contribution is -2.54. The number of guanidine groups is 1. The second-order valence-electron chi connectivity index (χ2n) is 4.62. The molecule has 0 saturated carbocycles. The quantitative estimate of drug-likeness (QED) is 0.138. The largest absolute Gasteiger partial charge is 0.391 e. The number of hydrogen-bond acceptors (Lipinski definition) is 5. The molecule has 2 amide bonds. The van der Waals surface area contributed by atoms with Gasteiger partial charge in [0.1, 0.15) is 12.3 Å². The van der Waals surface area contributed by atoms with Crippen molar-refractivity contribution in [1.29, 1.82) is 0 Å². The van der Waals surface area contributed by atoms with Crippen molar-refractivity contribution in [3.63, 3.8) is 0 Å². The van der Waals surface area contributed by atoms with Crippen molar-refractivity contribution in [2.45, 2.75) is 44.9 Å². The third-order valence-electron chi connectivity index (χ3n) is 2.58. The van der Waals surface area contributed by atoms with Crippen molar-refractivity contribution in [1.82, 2.24) is 10.6 Å². The van der Waals surface area contributed by atoms with E-state index in [-0.39, 0.29) is 5.96 Å². The van der Waals surface area contributed by atoms with Crippen LogP contribution in [0.25, 0.3) is 0 Å². The summed E-state index contributed by atoms with van der Waals surface area (Å²) < 4.78 is 0. The summed E-state index contributed by atoms with van der Waals surface area (Å²) in [6.07, 6.45) is 0.350. The van der Waals surface area contributed by atoms with Gasteiger partial charge in [-0.1, -0.05) is 0 Å². The summed E-state index contributed by atoms with van der Waals surface area (Å²) >= 11 is 0. The molecule has 7 N–H and O–H groups in total. The fourth-order valence-corrected chi connectivity index (χ4v) is 1.59. The van der Waals surface area contributed by atoms with Crippen LogP contribution in [0, 0.1) is 0 Å². The van der Waals surface area contributed by atoms with Crippen LogP contribution in [0.3, 0.4) is 0 Å². The summed E-state index contributed by atoms with van der Waals surface area (Å²) in [5.41, 5.74) is 10.3. The molecule has 0 saturated heterocycles. The molecule has 0 aromatic heterocycles. The first-order valence-electron chi connectivity index (χ1n) is 6.54. The fraction of sp³-hybridized carbons (Fsp3) is 0.667. The normalized spacial score (nSPS) is 14.4. The van der Waals surface area contributed by atoms with Crippen LogP contribution < -0.4 is 22.1 Å². The minimum absolute atomic E-state index is 0.0403. The summed E-state index contributed by atoms with van der Waals surface area (Å²) in [4.78, 5) is 37.6. The molecule has 0 fully saturated rings. The summed E-state index contributed by atoms with van der Waals surface area (Å²) in [5.74, 6) is -1.12. The van der Waals surface area contributed by atoms with Crippen LogP contribution in [0.1, 0.15) is 26.7 Å². The highest BCUT2D eigenvalue weighted by molar-refractivity contribution is 5.88. The van der Waals surface area contributed by atoms with E-state index in [1.165, 1.54) is 13.8 Å². The predicted molar refractivity (Wildman–Crippen MR) is 77.2 cm³/mol. The van der Waals surface area contributed by atoms with Crippen LogP contribution in [0.5, 0.6) is 0 Å². The van der Waals surface area contributed by atoms with E-state index in [1.807, 2.05) is 0 Å². The first kappa shape index (κ1) is 18.8. The predicted octanol–water partition coefficient (Wildman–Crippen LogP) is -2.39. The number of aliphatic hydroxyl groups is 1. The third-order valence-corrected chi connectivity index (χ3v) is 2.58. The Morgan fingerprint density at radius 2 is 1.95 bits per heavy atom. The topological polar surface area (TPSA) is 160 Å².